The molecule has 8 aromatic rings. The minimum Gasteiger partial charge on any atom is -0.310 e. The van der Waals surface area contributed by atoms with Crippen molar-refractivity contribution in [2.45, 2.75) is 63.2 Å². The maximum absolute atomic E-state index is 2.59. The monoisotopic (exact) mass is 748 g/mol. The average molecular weight is 749 g/mol. The van der Waals surface area contributed by atoms with Crippen molar-refractivity contribution < 1.29 is 0 Å². The van der Waals surface area contributed by atoms with Gasteiger partial charge in [-0.25, -0.2) is 0 Å². The largest absolute Gasteiger partial charge is 0.310 e. The Morgan fingerprint density at radius 1 is 0.414 bits per heavy atom. The average Bonchev–Trinajstić information content (AvgIpc) is 3.50. The number of aryl methyl sites for hydroxylation is 2. The van der Waals surface area contributed by atoms with E-state index in [-0.39, 0.29) is 10.8 Å². The van der Waals surface area contributed by atoms with Crippen LogP contribution in [-0.4, -0.2) is 0 Å². The molecule has 1 spiro atoms. The Morgan fingerprint density at radius 2 is 0.948 bits per heavy atom. The number of para-hydroxylation sites is 2. The van der Waals surface area contributed by atoms with Gasteiger partial charge in [0.2, 0.25) is 0 Å². The van der Waals surface area contributed by atoms with Crippen LogP contribution in [0.25, 0.3) is 21.9 Å². The van der Waals surface area contributed by atoms with Gasteiger partial charge in [0.15, 0.2) is 0 Å². The fourth-order valence-electron chi connectivity index (χ4n) is 11.2. The highest BCUT2D eigenvalue weighted by Crippen LogP contribution is 2.59. The summed E-state index contributed by atoms with van der Waals surface area (Å²) in [5.74, 6) is 0. The molecule has 0 saturated carbocycles. The number of anilines is 6. The lowest BCUT2D eigenvalue weighted by atomic mass is 9.59. The molecule has 58 heavy (non-hydrogen) atoms. The van der Waals surface area contributed by atoms with E-state index in [9.17, 15) is 0 Å². The van der Waals surface area contributed by atoms with E-state index in [0.717, 1.165) is 25.7 Å². The number of hydrogen-bond acceptors (Lipinski definition) is 2. The highest BCUT2D eigenvalue weighted by molar-refractivity contribution is 6.00. The Hall–Kier alpha value is -6.38. The van der Waals surface area contributed by atoms with Crippen LogP contribution in [0.5, 0.6) is 0 Å². The predicted molar refractivity (Wildman–Crippen MR) is 244 cm³/mol. The van der Waals surface area contributed by atoms with Crippen molar-refractivity contribution in [3.05, 3.63) is 215 Å². The van der Waals surface area contributed by atoms with E-state index < -0.39 is 0 Å². The lowest BCUT2D eigenvalue weighted by Crippen LogP contribution is -2.38. The van der Waals surface area contributed by atoms with Crippen LogP contribution in [0.4, 0.5) is 34.1 Å². The van der Waals surface area contributed by atoms with Crippen LogP contribution < -0.4 is 9.80 Å². The highest BCUT2D eigenvalue weighted by Gasteiger charge is 2.46. The van der Waals surface area contributed by atoms with Crippen molar-refractivity contribution in [2.24, 2.45) is 0 Å². The molecule has 2 nitrogen and oxygen atoms in total. The van der Waals surface area contributed by atoms with Gasteiger partial charge in [0.05, 0.1) is 17.1 Å². The number of hydrogen-bond donors (Lipinski definition) is 0. The van der Waals surface area contributed by atoms with Gasteiger partial charge in [-0.15, -0.1) is 0 Å². The minimum atomic E-state index is -0.175. The van der Waals surface area contributed by atoms with Crippen molar-refractivity contribution in [1.29, 1.82) is 0 Å². The number of nitrogens with zero attached hydrogens (tertiary/aromatic N) is 2. The van der Waals surface area contributed by atoms with E-state index in [0.29, 0.717) is 0 Å². The SMILES string of the molecule is CC1(C)c2ccccc2-c2ccc(N(c3ccccc3)c3cccc4c3[C@@]3(CCC4)CCCc4cccc(N(c5ccccc5)c5cccc6ccccc56)c43)cc21. The summed E-state index contributed by atoms with van der Waals surface area (Å²) < 4.78 is 0. The van der Waals surface area contributed by atoms with Crippen molar-refractivity contribution >= 4 is 44.9 Å². The summed E-state index contributed by atoms with van der Waals surface area (Å²) in [6.45, 7) is 4.78. The Balaban J connectivity index is 1.16. The molecule has 3 aliphatic rings. The third-order valence-corrected chi connectivity index (χ3v) is 13.7. The molecule has 0 saturated heterocycles. The molecule has 2 heteroatoms. The van der Waals surface area contributed by atoms with E-state index >= 15 is 0 Å². The van der Waals surface area contributed by atoms with Crippen LogP contribution in [0.2, 0.25) is 0 Å². The number of rotatable bonds is 6. The van der Waals surface area contributed by atoms with Crippen LogP contribution in [0.3, 0.4) is 0 Å². The summed E-state index contributed by atoms with van der Waals surface area (Å²) in [5, 5.41) is 2.52. The molecular weight excluding hydrogens is 701 g/mol. The van der Waals surface area contributed by atoms with E-state index in [1.165, 1.54) is 102 Å². The molecule has 1 atom stereocenters. The first-order valence-corrected chi connectivity index (χ1v) is 21.2. The Bertz CT molecular complexity index is 2830. The molecule has 282 valence electrons. The number of benzene rings is 8. The quantitative estimate of drug-likeness (QED) is 0.167. The van der Waals surface area contributed by atoms with Crippen LogP contribution in [0.1, 0.15) is 72.9 Å². The molecule has 0 unspecified atom stereocenters. The highest BCUT2D eigenvalue weighted by atomic mass is 15.2. The summed E-state index contributed by atoms with van der Waals surface area (Å²) in [5.41, 5.74) is 18.6. The second-order valence-corrected chi connectivity index (χ2v) is 17.2. The topological polar surface area (TPSA) is 6.48 Å². The van der Waals surface area contributed by atoms with Crippen LogP contribution >= 0.6 is 0 Å². The third-order valence-electron chi connectivity index (χ3n) is 13.7. The second kappa shape index (κ2) is 13.6. The molecule has 0 aromatic heterocycles. The Morgan fingerprint density at radius 3 is 1.66 bits per heavy atom. The van der Waals surface area contributed by atoms with Gasteiger partial charge in [-0.05, 0) is 143 Å². The lowest BCUT2D eigenvalue weighted by molar-refractivity contribution is 0.369. The van der Waals surface area contributed by atoms with Gasteiger partial charge in [0.25, 0.3) is 0 Å². The van der Waals surface area contributed by atoms with Crippen LogP contribution in [-0.2, 0) is 23.7 Å². The molecule has 3 aliphatic carbocycles. The lowest BCUT2D eigenvalue weighted by Gasteiger charge is -2.48. The van der Waals surface area contributed by atoms with Gasteiger partial charge in [-0.3, -0.25) is 0 Å². The molecular formula is C56H48N2. The zero-order valence-electron chi connectivity index (χ0n) is 33.5. The number of fused-ring (bicyclic) bond motifs is 8. The zero-order valence-corrected chi connectivity index (χ0v) is 33.5. The van der Waals surface area contributed by atoms with E-state index in [4.69, 9.17) is 0 Å². The first kappa shape index (κ1) is 34.8. The maximum atomic E-state index is 2.59. The van der Waals surface area contributed by atoms with Gasteiger partial charge in [0.1, 0.15) is 0 Å². The molecule has 0 N–H and O–H groups in total. The Labute approximate surface area is 343 Å². The maximum Gasteiger partial charge on any atom is 0.0540 e. The summed E-state index contributed by atoms with van der Waals surface area (Å²) in [4.78, 5) is 5.15. The van der Waals surface area contributed by atoms with Crippen LogP contribution in [0, 0.1) is 0 Å². The first-order valence-electron chi connectivity index (χ1n) is 21.2. The molecule has 0 bridgehead atoms. The standard InChI is InChI=1S/C56H48N2/c1-55(2)48-30-12-11-29-46(48)47-35-34-44(38-49(47)55)57(42-24-5-3-6-25-42)51-32-14-20-40-22-16-36-56(53(40)51)37-17-23-41-21-15-33-52(54(41)56)58(43-26-7-4-8-27-43)50-31-13-19-39-18-9-10-28-45(39)50/h3-15,18-21,24-35,38H,16-17,22-23,36-37H2,1-2H3/t56-/m1/s1. The molecule has 8 aromatic carbocycles. The van der Waals surface area contributed by atoms with Crippen molar-refractivity contribution in [3.63, 3.8) is 0 Å². The van der Waals surface area contributed by atoms with E-state index in [1.54, 1.807) is 0 Å². The van der Waals surface area contributed by atoms with Crippen molar-refractivity contribution in [1.82, 2.24) is 0 Å². The smallest absolute Gasteiger partial charge is 0.0540 e. The zero-order chi connectivity index (χ0) is 38.8. The van der Waals surface area contributed by atoms with E-state index in [2.05, 4.69) is 206 Å². The molecule has 0 aliphatic heterocycles. The van der Waals surface area contributed by atoms with Gasteiger partial charge in [-0.1, -0.05) is 141 Å². The molecule has 11 rings (SSSR count). The molecule has 0 fully saturated rings. The molecule has 0 heterocycles. The van der Waals surface area contributed by atoms with Crippen molar-refractivity contribution in [3.8, 4) is 11.1 Å². The third kappa shape index (κ3) is 5.31. The van der Waals surface area contributed by atoms with Crippen molar-refractivity contribution in [2.75, 3.05) is 9.80 Å². The first-order chi connectivity index (χ1) is 28.5. The van der Waals surface area contributed by atoms with Gasteiger partial charge >= 0.3 is 0 Å². The molecule has 0 amide bonds. The summed E-state index contributed by atoms with van der Waals surface area (Å²) >= 11 is 0. The summed E-state index contributed by atoms with van der Waals surface area (Å²) in [6, 6.07) is 68.3. The fraction of sp³-hybridized carbons (Fsp3) is 0.179. The molecule has 0 radical (unpaired) electrons. The van der Waals surface area contributed by atoms with Gasteiger partial charge in [-0.2, -0.15) is 0 Å². The summed E-state index contributed by atoms with van der Waals surface area (Å²) in [7, 11) is 0. The Kier molecular flexibility index (Phi) is 8.19. The van der Waals surface area contributed by atoms with Crippen LogP contribution in [0.15, 0.2) is 182 Å². The minimum absolute atomic E-state index is 0.0959. The van der Waals surface area contributed by atoms with E-state index in [1.807, 2.05) is 0 Å². The summed E-state index contributed by atoms with van der Waals surface area (Å²) in [6.07, 6.45) is 6.75. The normalized spacial score (nSPS) is 17.3. The second-order valence-electron chi connectivity index (χ2n) is 17.2. The fourth-order valence-corrected chi connectivity index (χ4v) is 11.2. The predicted octanol–water partition coefficient (Wildman–Crippen LogP) is 15.0. The van der Waals surface area contributed by atoms with Gasteiger partial charge < -0.3 is 9.80 Å². The van der Waals surface area contributed by atoms with Gasteiger partial charge in [0, 0.05) is 33.3 Å².